The van der Waals surface area contributed by atoms with Crippen LogP contribution in [0.1, 0.15) is 38.5 Å². The predicted molar refractivity (Wildman–Crippen MR) is 71.9 cm³/mol. The van der Waals surface area contributed by atoms with Gasteiger partial charge in [0.2, 0.25) is 0 Å². The maximum absolute atomic E-state index is 10.2. The fourth-order valence-corrected chi connectivity index (χ4v) is 4.27. The number of halogens is 1. The van der Waals surface area contributed by atoms with Crippen molar-refractivity contribution in [2.75, 3.05) is 0 Å². The maximum Gasteiger partial charge on any atom is 0.0918 e. The van der Waals surface area contributed by atoms with Gasteiger partial charge in [-0.3, -0.25) is 0 Å². The molecule has 1 heterocycles. The summed E-state index contributed by atoms with van der Waals surface area (Å²) in [5.74, 6) is 0. The summed E-state index contributed by atoms with van der Waals surface area (Å²) in [5, 5.41) is 22.3. The zero-order chi connectivity index (χ0) is 12.7. The number of aliphatic hydroxyl groups is 2. The van der Waals surface area contributed by atoms with Crippen LogP contribution in [-0.4, -0.2) is 50.5 Å². The Labute approximate surface area is 116 Å². The van der Waals surface area contributed by atoms with Crippen LogP contribution in [0, 0.1) is 0 Å². The standard InChI is InChI=1S/C12H22BrN3O2/c13-7-5-10(17)12(11(18)6-7)16-14-8-3-1-2-4-9(8)15-16/h7-12,14-15,17-18H,1-6H2. The zero-order valence-corrected chi connectivity index (χ0v) is 12.0. The van der Waals surface area contributed by atoms with Crippen LogP contribution in [-0.2, 0) is 0 Å². The van der Waals surface area contributed by atoms with Gasteiger partial charge in [0, 0.05) is 16.9 Å². The lowest BCUT2D eigenvalue weighted by Crippen LogP contribution is -2.61. The van der Waals surface area contributed by atoms with Crippen LogP contribution in [0.3, 0.4) is 0 Å². The third kappa shape index (κ3) is 2.46. The van der Waals surface area contributed by atoms with Crippen molar-refractivity contribution in [1.29, 1.82) is 0 Å². The number of aliphatic hydroxyl groups excluding tert-OH is 2. The van der Waals surface area contributed by atoms with E-state index in [-0.39, 0.29) is 10.9 Å². The van der Waals surface area contributed by atoms with Crippen molar-refractivity contribution in [2.24, 2.45) is 0 Å². The molecule has 104 valence electrons. The van der Waals surface area contributed by atoms with Gasteiger partial charge < -0.3 is 10.2 Å². The molecule has 6 heteroatoms. The number of hydrogen-bond donors (Lipinski definition) is 4. The van der Waals surface area contributed by atoms with Crippen molar-refractivity contribution in [3.63, 3.8) is 0 Å². The molecule has 0 aromatic rings. The van der Waals surface area contributed by atoms with E-state index in [9.17, 15) is 10.2 Å². The van der Waals surface area contributed by atoms with Crippen LogP contribution < -0.4 is 10.9 Å². The molecule has 3 fully saturated rings. The van der Waals surface area contributed by atoms with Crippen LogP contribution in [0.4, 0.5) is 0 Å². The summed E-state index contributed by atoms with van der Waals surface area (Å²) < 4.78 is 0. The second-order valence-corrected chi connectivity index (χ2v) is 7.11. The first-order chi connectivity index (χ1) is 8.65. The highest BCUT2D eigenvalue weighted by atomic mass is 79.9. The van der Waals surface area contributed by atoms with Gasteiger partial charge in [0.05, 0.1) is 18.2 Å². The minimum Gasteiger partial charge on any atom is -0.391 e. The summed E-state index contributed by atoms with van der Waals surface area (Å²) >= 11 is 3.49. The van der Waals surface area contributed by atoms with Crippen LogP contribution in [0.5, 0.6) is 0 Å². The summed E-state index contributed by atoms with van der Waals surface area (Å²) in [6.45, 7) is 0. The number of nitrogens with zero attached hydrogens (tertiary/aromatic N) is 1. The number of fused-ring (bicyclic) bond motifs is 1. The molecule has 1 aliphatic heterocycles. The molecule has 3 rings (SSSR count). The van der Waals surface area contributed by atoms with E-state index in [0.717, 1.165) is 0 Å². The molecule has 3 aliphatic rings. The molecule has 0 amide bonds. The van der Waals surface area contributed by atoms with Gasteiger partial charge in [-0.15, -0.1) is 0 Å². The van der Waals surface area contributed by atoms with Crippen LogP contribution in [0.15, 0.2) is 0 Å². The zero-order valence-electron chi connectivity index (χ0n) is 10.4. The first-order valence-corrected chi connectivity index (χ1v) is 7.88. The summed E-state index contributed by atoms with van der Waals surface area (Å²) in [6.07, 6.45) is 5.26. The quantitative estimate of drug-likeness (QED) is 0.522. The fraction of sp³-hybridized carbons (Fsp3) is 1.00. The molecular formula is C12H22BrN3O2. The molecule has 2 saturated carbocycles. The molecule has 4 atom stereocenters. The van der Waals surface area contributed by atoms with Crippen molar-refractivity contribution >= 4 is 15.9 Å². The van der Waals surface area contributed by atoms with Gasteiger partial charge in [-0.1, -0.05) is 28.8 Å². The molecule has 0 bridgehead atoms. The molecule has 4 unspecified atom stereocenters. The first kappa shape index (κ1) is 13.3. The highest BCUT2D eigenvalue weighted by molar-refractivity contribution is 9.09. The van der Waals surface area contributed by atoms with Crippen molar-refractivity contribution in [3.8, 4) is 0 Å². The van der Waals surface area contributed by atoms with E-state index in [2.05, 4.69) is 26.8 Å². The number of alkyl halides is 1. The van der Waals surface area contributed by atoms with E-state index >= 15 is 0 Å². The Bertz CT molecular complexity index is 281. The van der Waals surface area contributed by atoms with Gasteiger partial charge in [-0.2, -0.15) is 5.12 Å². The Hall–Kier alpha value is 0.280. The lowest BCUT2D eigenvalue weighted by molar-refractivity contribution is -0.0823. The molecule has 1 saturated heterocycles. The summed E-state index contributed by atoms with van der Waals surface area (Å²) in [5.41, 5.74) is 6.85. The predicted octanol–water partition coefficient (Wildman–Crippen LogP) is 0.270. The molecule has 0 aromatic heterocycles. The topological polar surface area (TPSA) is 67.8 Å². The lowest BCUT2D eigenvalue weighted by Gasteiger charge is -2.40. The second-order valence-electron chi connectivity index (χ2n) is 5.82. The number of nitrogens with one attached hydrogen (secondary N) is 2. The van der Waals surface area contributed by atoms with Crippen molar-refractivity contribution in [3.05, 3.63) is 0 Å². The van der Waals surface area contributed by atoms with Crippen LogP contribution in [0.25, 0.3) is 0 Å². The fourth-order valence-electron chi connectivity index (χ4n) is 3.51. The minimum atomic E-state index is -0.502. The van der Waals surface area contributed by atoms with Crippen molar-refractivity contribution < 1.29 is 10.2 Å². The molecule has 4 N–H and O–H groups in total. The van der Waals surface area contributed by atoms with E-state index in [4.69, 9.17) is 0 Å². The summed E-state index contributed by atoms with van der Waals surface area (Å²) in [6, 6.07) is 0.670. The van der Waals surface area contributed by atoms with Gasteiger partial charge >= 0.3 is 0 Å². The Balaban J connectivity index is 1.67. The average Bonchev–Trinajstić information content (AvgIpc) is 2.70. The van der Waals surface area contributed by atoms with Crippen LogP contribution in [0.2, 0.25) is 0 Å². The molecule has 0 aromatic carbocycles. The second kappa shape index (κ2) is 5.34. The third-order valence-electron chi connectivity index (χ3n) is 4.46. The molecule has 0 spiro atoms. The average molecular weight is 320 g/mol. The molecule has 5 nitrogen and oxygen atoms in total. The van der Waals surface area contributed by atoms with Crippen molar-refractivity contribution in [1.82, 2.24) is 16.0 Å². The SMILES string of the molecule is OC1CC(Br)CC(O)C1N1NC2CCCCC2N1. The normalized spacial score (nSPS) is 50.2. The Morgan fingerprint density at radius 2 is 1.44 bits per heavy atom. The smallest absolute Gasteiger partial charge is 0.0918 e. The number of hydrogen-bond acceptors (Lipinski definition) is 5. The first-order valence-electron chi connectivity index (χ1n) is 6.97. The van der Waals surface area contributed by atoms with E-state index in [1.165, 1.54) is 25.7 Å². The van der Waals surface area contributed by atoms with Crippen LogP contribution >= 0.6 is 15.9 Å². The summed E-state index contributed by atoms with van der Waals surface area (Å²) in [7, 11) is 0. The highest BCUT2D eigenvalue weighted by Crippen LogP contribution is 2.30. The minimum absolute atomic E-state index is 0.212. The largest absolute Gasteiger partial charge is 0.391 e. The lowest BCUT2D eigenvalue weighted by atomic mass is 9.90. The van der Waals surface area contributed by atoms with E-state index in [1.54, 1.807) is 0 Å². The Kier molecular flexibility index (Phi) is 3.94. The monoisotopic (exact) mass is 319 g/mol. The van der Waals surface area contributed by atoms with Crippen molar-refractivity contribution in [2.45, 2.75) is 73.7 Å². The highest BCUT2D eigenvalue weighted by Gasteiger charge is 2.44. The Morgan fingerprint density at radius 1 is 0.944 bits per heavy atom. The van der Waals surface area contributed by atoms with Gasteiger partial charge in [0.1, 0.15) is 0 Å². The molecule has 2 aliphatic carbocycles. The Morgan fingerprint density at radius 3 is 1.94 bits per heavy atom. The molecule has 18 heavy (non-hydrogen) atoms. The molecule has 0 radical (unpaired) electrons. The summed E-state index contributed by atoms with van der Waals surface area (Å²) in [4.78, 5) is 0.212. The maximum atomic E-state index is 10.2. The van der Waals surface area contributed by atoms with E-state index in [1.807, 2.05) is 5.12 Å². The third-order valence-corrected chi connectivity index (χ3v) is 5.20. The van der Waals surface area contributed by atoms with Gasteiger partial charge in [-0.05, 0) is 25.7 Å². The van der Waals surface area contributed by atoms with E-state index < -0.39 is 12.2 Å². The van der Waals surface area contributed by atoms with E-state index in [0.29, 0.717) is 24.9 Å². The van der Waals surface area contributed by atoms with Gasteiger partial charge in [0.15, 0.2) is 0 Å². The van der Waals surface area contributed by atoms with Gasteiger partial charge in [0.25, 0.3) is 0 Å². The molecular weight excluding hydrogens is 298 g/mol. The number of hydrazine groups is 2. The van der Waals surface area contributed by atoms with Gasteiger partial charge in [-0.25, -0.2) is 10.9 Å². The number of rotatable bonds is 1.